The largest absolute Gasteiger partial charge is 0.463 e. The maximum atomic E-state index is 12.0. The summed E-state index contributed by atoms with van der Waals surface area (Å²) in [5.74, 6) is 6.44. The van der Waals surface area contributed by atoms with E-state index in [-0.39, 0.29) is 22.4 Å². The van der Waals surface area contributed by atoms with Gasteiger partial charge in [0, 0.05) is 16.4 Å². The minimum Gasteiger partial charge on any atom is -0.463 e. The molecule has 2 heterocycles. The number of hydrogen-bond acceptors (Lipinski definition) is 4. The molecule has 1 aromatic carbocycles. The normalized spacial score (nSPS) is 29.5. The first-order chi connectivity index (χ1) is 13.1. The van der Waals surface area contributed by atoms with E-state index in [0.717, 1.165) is 23.8 Å². The van der Waals surface area contributed by atoms with Gasteiger partial charge in [0.25, 0.3) is 0 Å². The van der Waals surface area contributed by atoms with Gasteiger partial charge in [0.2, 0.25) is 0 Å². The van der Waals surface area contributed by atoms with Crippen LogP contribution in [0.25, 0.3) is 11.0 Å². The molecule has 4 nitrogen and oxygen atoms in total. The monoisotopic (exact) mass is 380 g/mol. The van der Waals surface area contributed by atoms with Gasteiger partial charge in [-0.25, -0.2) is 4.79 Å². The predicted octanol–water partition coefficient (Wildman–Crippen LogP) is 5.33. The van der Waals surface area contributed by atoms with Crippen LogP contribution in [0.5, 0.6) is 0 Å². The molecule has 0 radical (unpaired) electrons. The lowest BCUT2D eigenvalue weighted by Gasteiger charge is -2.43. The second-order valence-corrected chi connectivity index (χ2v) is 9.42. The second kappa shape index (κ2) is 5.87. The summed E-state index contributed by atoms with van der Waals surface area (Å²) in [6.45, 7) is 13.4. The lowest BCUT2D eigenvalue weighted by molar-refractivity contribution is 0.0527. The molecule has 1 aromatic heterocycles. The van der Waals surface area contributed by atoms with Gasteiger partial charge in [-0.1, -0.05) is 39.5 Å². The third-order valence-electron chi connectivity index (χ3n) is 7.06. The highest BCUT2D eigenvalue weighted by Crippen LogP contribution is 2.71. The molecule has 1 saturated heterocycles. The van der Waals surface area contributed by atoms with E-state index in [9.17, 15) is 4.79 Å². The van der Waals surface area contributed by atoms with E-state index < -0.39 is 5.60 Å². The standard InChI is InChI=1S/C24H28O4/c1-7-26-20(25)18-15-27-19-14-16(8-9-17(18)19)10-11-24-22(4,5)13-12-21(2,3)23(24,6)28-24/h8-9,14-15H,7,12-13H2,1-6H3. The van der Waals surface area contributed by atoms with Crippen LogP contribution in [-0.4, -0.2) is 23.8 Å². The summed E-state index contributed by atoms with van der Waals surface area (Å²) in [6, 6.07) is 5.67. The Bertz CT molecular complexity index is 1020. The highest BCUT2D eigenvalue weighted by Gasteiger charge is 2.80. The summed E-state index contributed by atoms with van der Waals surface area (Å²) in [5.41, 5.74) is 1.35. The van der Waals surface area contributed by atoms with Crippen LogP contribution in [-0.2, 0) is 9.47 Å². The quantitative estimate of drug-likeness (QED) is 0.401. The Kier molecular flexibility index (Phi) is 4.00. The zero-order valence-corrected chi connectivity index (χ0v) is 17.6. The SMILES string of the molecule is CCOC(=O)c1coc2cc(C#CC34OC3(C)C(C)(C)CCC4(C)C)ccc12. The van der Waals surface area contributed by atoms with Crippen molar-refractivity contribution < 1.29 is 18.7 Å². The summed E-state index contributed by atoms with van der Waals surface area (Å²) in [4.78, 5) is 12.0. The number of carbonyl (C=O) groups excluding carboxylic acids is 1. The molecule has 148 valence electrons. The van der Waals surface area contributed by atoms with E-state index in [1.165, 1.54) is 6.26 Å². The van der Waals surface area contributed by atoms with Gasteiger partial charge in [0.1, 0.15) is 23.0 Å². The zero-order valence-electron chi connectivity index (χ0n) is 17.6. The number of carbonyl (C=O) groups is 1. The van der Waals surface area contributed by atoms with Crippen LogP contribution in [0.15, 0.2) is 28.9 Å². The van der Waals surface area contributed by atoms with Crippen molar-refractivity contribution in [1.82, 2.24) is 0 Å². The highest BCUT2D eigenvalue weighted by atomic mass is 16.6. The molecular formula is C24H28O4. The molecule has 4 heteroatoms. The van der Waals surface area contributed by atoms with Crippen molar-refractivity contribution in [2.45, 2.75) is 65.6 Å². The molecule has 2 atom stereocenters. The van der Waals surface area contributed by atoms with Gasteiger partial charge in [-0.2, -0.15) is 0 Å². The van der Waals surface area contributed by atoms with Crippen LogP contribution in [0.2, 0.25) is 0 Å². The second-order valence-electron chi connectivity index (χ2n) is 9.42. The summed E-state index contributed by atoms with van der Waals surface area (Å²) >= 11 is 0. The van der Waals surface area contributed by atoms with Crippen LogP contribution < -0.4 is 0 Å². The number of benzene rings is 1. The first-order valence-corrected chi connectivity index (χ1v) is 9.99. The third kappa shape index (κ3) is 2.46. The smallest absolute Gasteiger partial charge is 0.342 e. The van der Waals surface area contributed by atoms with Gasteiger partial charge in [-0.05, 0) is 50.3 Å². The van der Waals surface area contributed by atoms with E-state index in [1.54, 1.807) is 6.92 Å². The topological polar surface area (TPSA) is 52.0 Å². The van der Waals surface area contributed by atoms with Crippen LogP contribution in [0.4, 0.5) is 0 Å². The Balaban J connectivity index is 1.69. The van der Waals surface area contributed by atoms with E-state index in [4.69, 9.17) is 13.9 Å². The lowest BCUT2D eigenvalue weighted by atomic mass is 9.55. The Hall–Kier alpha value is -2.25. The number of epoxide rings is 1. The Morgan fingerprint density at radius 2 is 1.86 bits per heavy atom. The number of rotatable bonds is 2. The van der Waals surface area contributed by atoms with E-state index in [2.05, 4.69) is 46.5 Å². The molecule has 4 rings (SSSR count). The zero-order chi connectivity index (χ0) is 20.4. The average Bonchev–Trinajstić information content (AvgIpc) is 3.09. The fourth-order valence-corrected chi connectivity index (χ4v) is 4.67. The summed E-state index contributed by atoms with van der Waals surface area (Å²) < 4.78 is 17.1. The van der Waals surface area contributed by atoms with Crippen molar-refractivity contribution >= 4 is 16.9 Å². The minimum atomic E-state index is -0.435. The van der Waals surface area contributed by atoms with Crippen molar-refractivity contribution in [2.75, 3.05) is 6.61 Å². The number of esters is 1. The number of fused-ring (bicyclic) bond motifs is 2. The first kappa shape index (κ1) is 19.1. The maximum absolute atomic E-state index is 12.0. The number of furan rings is 1. The molecule has 0 amide bonds. The molecule has 2 unspecified atom stereocenters. The molecule has 2 aliphatic rings. The van der Waals surface area contributed by atoms with Gasteiger partial charge >= 0.3 is 5.97 Å². The van der Waals surface area contributed by atoms with Crippen LogP contribution in [0.1, 0.15) is 70.3 Å². The molecule has 0 spiro atoms. The van der Waals surface area contributed by atoms with Crippen molar-refractivity contribution in [1.29, 1.82) is 0 Å². The average molecular weight is 380 g/mol. The molecule has 1 saturated carbocycles. The van der Waals surface area contributed by atoms with E-state index in [0.29, 0.717) is 17.8 Å². The Morgan fingerprint density at radius 3 is 2.57 bits per heavy atom. The van der Waals surface area contributed by atoms with Gasteiger partial charge in [0.15, 0.2) is 5.60 Å². The van der Waals surface area contributed by atoms with Crippen molar-refractivity contribution in [2.24, 2.45) is 10.8 Å². The third-order valence-corrected chi connectivity index (χ3v) is 7.06. The highest BCUT2D eigenvalue weighted by molar-refractivity contribution is 6.03. The molecule has 28 heavy (non-hydrogen) atoms. The molecule has 0 N–H and O–H groups in total. The molecule has 0 bridgehead atoms. The maximum Gasteiger partial charge on any atom is 0.342 e. The fourth-order valence-electron chi connectivity index (χ4n) is 4.67. The van der Waals surface area contributed by atoms with Crippen LogP contribution in [0.3, 0.4) is 0 Å². The van der Waals surface area contributed by atoms with Crippen LogP contribution in [0, 0.1) is 22.7 Å². The number of ether oxygens (including phenoxy) is 2. The molecule has 1 aliphatic heterocycles. The minimum absolute atomic E-state index is 0.00384. The van der Waals surface area contributed by atoms with Crippen molar-refractivity contribution in [3.8, 4) is 11.8 Å². The summed E-state index contributed by atoms with van der Waals surface area (Å²) in [7, 11) is 0. The van der Waals surface area contributed by atoms with Gasteiger partial charge in [0.05, 0.1) is 6.61 Å². The molecular weight excluding hydrogens is 352 g/mol. The Labute approximate surface area is 166 Å². The molecule has 1 aliphatic carbocycles. The fraction of sp³-hybridized carbons (Fsp3) is 0.542. The number of hydrogen-bond donors (Lipinski definition) is 0. The van der Waals surface area contributed by atoms with Crippen molar-refractivity contribution in [3.05, 3.63) is 35.6 Å². The van der Waals surface area contributed by atoms with Gasteiger partial charge in [-0.15, -0.1) is 0 Å². The first-order valence-electron chi connectivity index (χ1n) is 9.99. The predicted molar refractivity (Wildman–Crippen MR) is 108 cm³/mol. The van der Waals surface area contributed by atoms with Crippen molar-refractivity contribution in [3.63, 3.8) is 0 Å². The van der Waals surface area contributed by atoms with E-state index in [1.807, 2.05) is 18.2 Å². The van der Waals surface area contributed by atoms with E-state index >= 15 is 0 Å². The Morgan fingerprint density at radius 1 is 1.14 bits per heavy atom. The summed E-state index contributed by atoms with van der Waals surface area (Å²) in [6.07, 6.45) is 3.67. The van der Waals surface area contributed by atoms with Gasteiger partial charge < -0.3 is 13.9 Å². The molecule has 2 fully saturated rings. The van der Waals surface area contributed by atoms with Gasteiger partial charge in [-0.3, -0.25) is 0 Å². The summed E-state index contributed by atoms with van der Waals surface area (Å²) in [5, 5.41) is 0.744. The lowest BCUT2D eigenvalue weighted by Crippen LogP contribution is -2.49. The van der Waals surface area contributed by atoms with Crippen LogP contribution >= 0.6 is 0 Å². The molecule has 2 aromatic rings.